The number of aryl methyl sites for hydroxylation is 1. The molecule has 0 aliphatic heterocycles. The van der Waals surface area contributed by atoms with Gasteiger partial charge in [0, 0.05) is 25.8 Å². The van der Waals surface area contributed by atoms with E-state index < -0.39 is 0 Å². The molecule has 0 spiro atoms. The summed E-state index contributed by atoms with van der Waals surface area (Å²) in [6.07, 6.45) is 4.16. The first-order chi connectivity index (χ1) is 11.1. The zero-order chi connectivity index (χ0) is 17.1. The fourth-order valence-corrected chi connectivity index (χ4v) is 2.50. The van der Waals surface area contributed by atoms with Gasteiger partial charge in [-0.05, 0) is 52.4 Å². The molecule has 1 heterocycles. The first-order valence-electron chi connectivity index (χ1n) is 8.84. The van der Waals surface area contributed by atoms with Gasteiger partial charge in [0.15, 0.2) is 5.96 Å². The largest absolute Gasteiger partial charge is 0.357 e. The molecule has 0 aromatic carbocycles. The molecule has 1 aromatic heterocycles. The van der Waals surface area contributed by atoms with E-state index in [2.05, 4.69) is 53.3 Å². The predicted octanol–water partition coefficient (Wildman–Crippen LogP) is 1.99. The molecule has 23 heavy (non-hydrogen) atoms. The van der Waals surface area contributed by atoms with E-state index in [0.29, 0.717) is 12.6 Å². The Balaban J connectivity index is 2.43. The first kappa shape index (κ1) is 19.5. The van der Waals surface area contributed by atoms with Gasteiger partial charge in [0.1, 0.15) is 0 Å². The summed E-state index contributed by atoms with van der Waals surface area (Å²) in [5.74, 6) is 0.879. The Morgan fingerprint density at radius 1 is 1.35 bits per heavy atom. The van der Waals surface area contributed by atoms with E-state index in [1.807, 2.05) is 17.8 Å². The zero-order valence-corrected chi connectivity index (χ0v) is 15.5. The maximum atomic E-state index is 4.66. The molecule has 0 fully saturated rings. The molecule has 0 saturated heterocycles. The summed E-state index contributed by atoms with van der Waals surface area (Å²) in [7, 11) is 1.95. The molecule has 1 unspecified atom stereocenters. The van der Waals surface area contributed by atoms with Crippen LogP contribution in [0.3, 0.4) is 0 Å². The molecule has 6 nitrogen and oxygen atoms in total. The fraction of sp³-hybridized carbons (Fsp3) is 0.765. The van der Waals surface area contributed by atoms with Gasteiger partial charge in [0.05, 0.1) is 12.2 Å². The quantitative estimate of drug-likeness (QED) is 0.511. The standard InChI is InChI=1S/C17H34N6/c1-6-18-17(19-14-16-11-12-20-22(16)5)21-15(4)10-9-13-23(7-2)8-3/h11-12,15H,6-10,13-14H2,1-5H3,(H2,18,19,21). The van der Waals surface area contributed by atoms with Crippen molar-refractivity contribution in [3.8, 4) is 0 Å². The monoisotopic (exact) mass is 322 g/mol. The SMILES string of the molecule is CCNC(=NCc1ccnn1C)NC(C)CCCN(CC)CC. The van der Waals surface area contributed by atoms with Crippen LogP contribution in [-0.2, 0) is 13.6 Å². The fourth-order valence-electron chi connectivity index (χ4n) is 2.50. The number of rotatable bonds is 10. The molecule has 0 bridgehead atoms. The van der Waals surface area contributed by atoms with E-state index in [1.165, 1.54) is 13.0 Å². The third kappa shape index (κ3) is 7.50. The Hall–Kier alpha value is -1.56. The lowest BCUT2D eigenvalue weighted by atomic mass is 10.2. The van der Waals surface area contributed by atoms with Crippen LogP contribution in [-0.4, -0.2) is 52.9 Å². The van der Waals surface area contributed by atoms with Gasteiger partial charge in [-0.3, -0.25) is 4.68 Å². The molecule has 0 amide bonds. The lowest BCUT2D eigenvalue weighted by Crippen LogP contribution is -2.42. The summed E-state index contributed by atoms with van der Waals surface area (Å²) in [6.45, 7) is 13.7. The molecule has 0 aliphatic rings. The smallest absolute Gasteiger partial charge is 0.191 e. The Bertz CT molecular complexity index is 450. The highest BCUT2D eigenvalue weighted by atomic mass is 15.3. The highest BCUT2D eigenvalue weighted by Gasteiger charge is 2.07. The van der Waals surface area contributed by atoms with Gasteiger partial charge in [0.25, 0.3) is 0 Å². The van der Waals surface area contributed by atoms with Crippen LogP contribution in [0.1, 0.15) is 46.2 Å². The van der Waals surface area contributed by atoms with Gasteiger partial charge in [-0.1, -0.05) is 13.8 Å². The molecule has 0 radical (unpaired) electrons. The molecule has 2 N–H and O–H groups in total. The van der Waals surface area contributed by atoms with E-state index in [0.717, 1.165) is 37.7 Å². The van der Waals surface area contributed by atoms with Gasteiger partial charge in [-0.15, -0.1) is 0 Å². The van der Waals surface area contributed by atoms with E-state index >= 15 is 0 Å². The van der Waals surface area contributed by atoms with Gasteiger partial charge < -0.3 is 15.5 Å². The van der Waals surface area contributed by atoms with Crippen molar-refractivity contribution < 1.29 is 0 Å². The Morgan fingerprint density at radius 2 is 2.09 bits per heavy atom. The third-order valence-electron chi connectivity index (χ3n) is 4.05. The van der Waals surface area contributed by atoms with Crippen molar-refractivity contribution in [3.63, 3.8) is 0 Å². The zero-order valence-electron chi connectivity index (χ0n) is 15.5. The van der Waals surface area contributed by atoms with Crippen molar-refractivity contribution in [2.45, 2.75) is 53.1 Å². The summed E-state index contributed by atoms with van der Waals surface area (Å²) >= 11 is 0. The summed E-state index contributed by atoms with van der Waals surface area (Å²) in [5.41, 5.74) is 1.11. The Labute approximate surface area is 141 Å². The van der Waals surface area contributed by atoms with E-state index in [-0.39, 0.29) is 0 Å². The molecular weight excluding hydrogens is 288 g/mol. The molecule has 1 aromatic rings. The third-order valence-corrected chi connectivity index (χ3v) is 4.05. The maximum absolute atomic E-state index is 4.66. The maximum Gasteiger partial charge on any atom is 0.191 e. The number of hydrogen-bond acceptors (Lipinski definition) is 3. The second-order valence-corrected chi connectivity index (χ2v) is 5.86. The van der Waals surface area contributed by atoms with Crippen molar-refractivity contribution in [2.24, 2.45) is 12.0 Å². The average molecular weight is 323 g/mol. The minimum atomic E-state index is 0.412. The number of nitrogens with one attached hydrogen (secondary N) is 2. The first-order valence-corrected chi connectivity index (χ1v) is 8.84. The second-order valence-electron chi connectivity index (χ2n) is 5.86. The number of hydrogen-bond donors (Lipinski definition) is 2. The van der Waals surface area contributed by atoms with Gasteiger partial charge in [-0.2, -0.15) is 5.10 Å². The van der Waals surface area contributed by atoms with Gasteiger partial charge in [0.2, 0.25) is 0 Å². The van der Waals surface area contributed by atoms with Gasteiger partial charge >= 0.3 is 0 Å². The number of aromatic nitrogens is 2. The van der Waals surface area contributed by atoms with Crippen LogP contribution in [0.4, 0.5) is 0 Å². The lowest BCUT2D eigenvalue weighted by Gasteiger charge is -2.21. The number of nitrogens with zero attached hydrogens (tertiary/aromatic N) is 4. The number of aliphatic imine (C=N–C) groups is 1. The molecule has 1 rings (SSSR count). The minimum absolute atomic E-state index is 0.412. The van der Waals surface area contributed by atoms with Crippen LogP contribution in [0.5, 0.6) is 0 Å². The second kappa shape index (κ2) is 11.0. The van der Waals surface area contributed by atoms with Crippen LogP contribution >= 0.6 is 0 Å². The molecule has 0 aliphatic carbocycles. The Morgan fingerprint density at radius 3 is 2.65 bits per heavy atom. The van der Waals surface area contributed by atoms with E-state index in [1.54, 1.807) is 6.20 Å². The normalized spacial score (nSPS) is 13.4. The summed E-state index contributed by atoms with van der Waals surface area (Å²) in [4.78, 5) is 7.12. The average Bonchev–Trinajstić information content (AvgIpc) is 2.94. The Kier molecular flexibility index (Phi) is 9.36. The van der Waals surface area contributed by atoms with Crippen LogP contribution in [0.25, 0.3) is 0 Å². The lowest BCUT2D eigenvalue weighted by molar-refractivity contribution is 0.292. The van der Waals surface area contributed by atoms with Crippen LogP contribution in [0, 0.1) is 0 Å². The predicted molar refractivity (Wildman–Crippen MR) is 97.6 cm³/mol. The van der Waals surface area contributed by atoms with Crippen molar-refractivity contribution in [3.05, 3.63) is 18.0 Å². The summed E-state index contributed by atoms with van der Waals surface area (Å²) < 4.78 is 1.86. The van der Waals surface area contributed by atoms with Crippen LogP contribution < -0.4 is 10.6 Å². The summed E-state index contributed by atoms with van der Waals surface area (Å²) in [6, 6.07) is 2.41. The van der Waals surface area contributed by atoms with E-state index in [9.17, 15) is 0 Å². The topological polar surface area (TPSA) is 57.5 Å². The van der Waals surface area contributed by atoms with Crippen molar-refractivity contribution >= 4 is 5.96 Å². The molecule has 1 atom stereocenters. The van der Waals surface area contributed by atoms with Crippen LogP contribution in [0.2, 0.25) is 0 Å². The minimum Gasteiger partial charge on any atom is -0.357 e. The van der Waals surface area contributed by atoms with E-state index in [4.69, 9.17) is 0 Å². The van der Waals surface area contributed by atoms with Gasteiger partial charge in [-0.25, -0.2) is 4.99 Å². The molecular formula is C17H34N6. The highest BCUT2D eigenvalue weighted by molar-refractivity contribution is 5.79. The molecule has 0 saturated carbocycles. The molecule has 6 heteroatoms. The van der Waals surface area contributed by atoms with Crippen molar-refractivity contribution in [1.82, 2.24) is 25.3 Å². The number of guanidine groups is 1. The summed E-state index contributed by atoms with van der Waals surface area (Å²) in [5, 5.41) is 11.0. The molecule has 132 valence electrons. The van der Waals surface area contributed by atoms with Crippen molar-refractivity contribution in [1.29, 1.82) is 0 Å². The van der Waals surface area contributed by atoms with Crippen LogP contribution in [0.15, 0.2) is 17.3 Å². The van der Waals surface area contributed by atoms with Crippen molar-refractivity contribution in [2.75, 3.05) is 26.2 Å². The highest BCUT2D eigenvalue weighted by Crippen LogP contribution is 2.01.